The quantitative estimate of drug-likeness (QED) is 0.175. The molecule has 0 saturated heterocycles. The van der Waals surface area contributed by atoms with Crippen molar-refractivity contribution in [2.75, 3.05) is 4.90 Å². The highest BCUT2D eigenvalue weighted by molar-refractivity contribution is 5.97. The smallest absolute Gasteiger partial charge is 0.145 e. The SMILES string of the molecule is c1ccc(-c2ccc3c(c2)C2(c4cc(-c5ccccc5)ccc4-3)c3ccccc3N(c3ccc(-c4nc5ccccc5n4-c4ccccc4)cc3)c3ccccc32)cc1. The summed E-state index contributed by atoms with van der Waals surface area (Å²) in [5.74, 6) is 0.921. The molecule has 0 N–H and O–H groups in total. The van der Waals surface area contributed by atoms with Crippen LogP contribution in [0.25, 0.3) is 61.5 Å². The lowest BCUT2D eigenvalue weighted by Gasteiger charge is -2.45. The van der Waals surface area contributed by atoms with Crippen LogP contribution in [0.2, 0.25) is 0 Å². The van der Waals surface area contributed by atoms with Gasteiger partial charge >= 0.3 is 0 Å². The molecule has 1 spiro atoms. The summed E-state index contributed by atoms with van der Waals surface area (Å²) >= 11 is 0. The van der Waals surface area contributed by atoms with Gasteiger partial charge in [-0.1, -0.05) is 152 Å². The van der Waals surface area contributed by atoms with Gasteiger partial charge in [-0.3, -0.25) is 4.57 Å². The van der Waals surface area contributed by atoms with Crippen molar-refractivity contribution in [3.8, 4) is 50.5 Å². The van der Waals surface area contributed by atoms with E-state index in [4.69, 9.17) is 4.98 Å². The van der Waals surface area contributed by atoms with Crippen molar-refractivity contribution in [3.63, 3.8) is 0 Å². The van der Waals surface area contributed by atoms with Gasteiger partial charge in [0.1, 0.15) is 5.82 Å². The monoisotopic (exact) mass is 751 g/mol. The minimum absolute atomic E-state index is 0.565. The average molecular weight is 752 g/mol. The molecule has 1 aliphatic carbocycles. The highest BCUT2D eigenvalue weighted by atomic mass is 15.2. The molecule has 12 rings (SSSR count). The molecule has 10 aromatic rings. The van der Waals surface area contributed by atoms with Crippen LogP contribution >= 0.6 is 0 Å². The highest BCUT2D eigenvalue weighted by Crippen LogP contribution is 2.64. The number of nitrogens with zero attached hydrogens (tertiary/aromatic N) is 3. The highest BCUT2D eigenvalue weighted by Gasteiger charge is 2.52. The summed E-state index contributed by atoms with van der Waals surface area (Å²) in [6.45, 7) is 0. The van der Waals surface area contributed by atoms with Crippen molar-refractivity contribution in [1.82, 2.24) is 9.55 Å². The van der Waals surface area contributed by atoms with Crippen LogP contribution in [0, 0.1) is 0 Å². The van der Waals surface area contributed by atoms with Gasteiger partial charge < -0.3 is 4.90 Å². The molecule has 3 heteroatoms. The first-order chi connectivity index (χ1) is 29.3. The van der Waals surface area contributed by atoms with E-state index in [-0.39, 0.29) is 0 Å². The Morgan fingerprint density at radius 3 is 1.39 bits per heavy atom. The summed E-state index contributed by atoms with van der Waals surface area (Å²) in [5.41, 5.74) is 19.7. The lowest BCUT2D eigenvalue weighted by atomic mass is 9.64. The van der Waals surface area contributed by atoms with Crippen molar-refractivity contribution >= 4 is 28.1 Å². The van der Waals surface area contributed by atoms with Crippen LogP contribution in [0.5, 0.6) is 0 Å². The molecule has 2 aliphatic rings. The molecule has 2 heterocycles. The summed E-state index contributed by atoms with van der Waals surface area (Å²) in [6, 6.07) is 81.8. The maximum Gasteiger partial charge on any atom is 0.145 e. The molecule has 0 radical (unpaired) electrons. The molecule has 0 amide bonds. The van der Waals surface area contributed by atoms with Gasteiger partial charge in [0.2, 0.25) is 0 Å². The van der Waals surface area contributed by atoms with Crippen LogP contribution in [0.15, 0.2) is 224 Å². The molecular weight excluding hydrogens is 715 g/mol. The second kappa shape index (κ2) is 13.2. The van der Waals surface area contributed by atoms with Crippen molar-refractivity contribution < 1.29 is 0 Å². The molecule has 1 aromatic heterocycles. The number of aromatic nitrogens is 2. The number of hydrogen-bond acceptors (Lipinski definition) is 2. The lowest BCUT2D eigenvalue weighted by molar-refractivity contribution is 0.753. The normalized spacial score (nSPS) is 13.2. The van der Waals surface area contributed by atoms with E-state index in [1.54, 1.807) is 0 Å². The van der Waals surface area contributed by atoms with Crippen LogP contribution < -0.4 is 4.90 Å². The fraction of sp³-hybridized carbons (Fsp3) is 0.0179. The van der Waals surface area contributed by atoms with Gasteiger partial charge in [-0.25, -0.2) is 4.98 Å². The van der Waals surface area contributed by atoms with E-state index in [9.17, 15) is 0 Å². The van der Waals surface area contributed by atoms with Crippen LogP contribution in [0.4, 0.5) is 17.1 Å². The number of hydrogen-bond donors (Lipinski definition) is 0. The fourth-order valence-corrected chi connectivity index (χ4v) is 9.87. The molecule has 3 nitrogen and oxygen atoms in total. The van der Waals surface area contributed by atoms with Gasteiger partial charge in [-0.2, -0.15) is 0 Å². The van der Waals surface area contributed by atoms with E-state index in [0.717, 1.165) is 33.8 Å². The molecule has 9 aromatic carbocycles. The van der Waals surface area contributed by atoms with Crippen LogP contribution in [0.3, 0.4) is 0 Å². The Morgan fingerprint density at radius 2 is 0.814 bits per heavy atom. The van der Waals surface area contributed by atoms with Gasteiger partial charge in [0, 0.05) is 16.9 Å². The summed E-state index contributed by atoms with van der Waals surface area (Å²) in [4.78, 5) is 7.63. The Kier molecular flexibility index (Phi) is 7.45. The molecule has 0 saturated carbocycles. The first-order valence-corrected chi connectivity index (χ1v) is 20.3. The Labute approximate surface area is 343 Å². The molecule has 276 valence electrons. The Bertz CT molecular complexity index is 3060. The number of rotatable bonds is 5. The third-order valence-electron chi connectivity index (χ3n) is 12.4. The van der Waals surface area contributed by atoms with Gasteiger partial charge in [0.25, 0.3) is 0 Å². The lowest BCUT2D eigenvalue weighted by Crippen LogP contribution is -2.36. The molecule has 0 atom stereocenters. The number of fused-ring (bicyclic) bond motifs is 10. The van der Waals surface area contributed by atoms with E-state index < -0.39 is 5.41 Å². The zero-order valence-electron chi connectivity index (χ0n) is 32.2. The summed E-state index contributed by atoms with van der Waals surface area (Å²) in [7, 11) is 0. The molecule has 59 heavy (non-hydrogen) atoms. The van der Waals surface area contributed by atoms with Gasteiger partial charge in [0.15, 0.2) is 0 Å². The first kappa shape index (κ1) is 33.4. The van der Waals surface area contributed by atoms with Crippen LogP contribution in [0.1, 0.15) is 22.3 Å². The fourth-order valence-electron chi connectivity index (χ4n) is 9.87. The minimum Gasteiger partial charge on any atom is -0.310 e. The molecule has 1 aliphatic heterocycles. The van der Waals surface area contributed by atoms with Gasteiger partial charge in [0.05, 0.1) is 27.8 Å². The van der Waals surface area contributed by atoms with E-state index in [1.807, 2.05) is 0 Å². The maximum absolute atomic E-state index is 5.17. The third-order valence-corrected chi connectivity index (χ3v) is 12.4. The number of imidazole rings is 1. The second-order valence-corrected chi connectivity index (χ2v) is 15.5. The molecule has 0 bridgehead atoms. The van der Waals surface area contributed by atoms with E-state index in [0.29, 0.717) is 0 Å². The van der Waals surface area contributed by atoms with Crippen molar-refractivity contribution in [3.05, 3.63) is 247 Å². The third kappa shape index (κ3) is 4.98. The molecule has 0 fully saturated rings. The van der Waals surface area contributed by atoms with E-state index in [2.05, 4.69) is 234 Å². The Hall–Kier alpha value is -7.75. The Balaban J connectivity index is 1.07. The minimum atomic E-state index is -0.565. The van der Waals surface area contributed by atoms with Crippen molar-refractivity contribution in [2.45, 2.75) is 5.41 Å². The first-order valence-electron chi connectivity index (χ1n) is 20.3. The Morgan fingerprint density at radius 1 is 0.339 bits per heavy atom. The number of benzene rings is 9. The van der Waals surface area contributed by atoms with Gasteiger partial charge in [-0.15, -0.1) is 0 Å². The largest absolute Gasteiger partial charge is 0.310 e. The summed E-state index contributed by atoms with van der Waals surface area (Å²) in [6.07, 6.45) is 0. The second-order valence-electron chi connectivity index (χ2n) is 15.5. The topological polar surface area (TPSA) is 21.1 Å². The zero-order valence-corrected chi connectivity index (χ0v) is 32.2. The van der Waals surface area contributed by atoms with E-state index in [1.165, 1.54) is 67.0 Å². The predicted octanol–water partition coefficient (Wildman–Crippen LogP) is 14.2. The van der Waals surface area contributed by atoms with Crippen LogP contribution in [-0.4, -0.2) is 9.55 Å². The van der Waals surface area contributed by atoms with Crippen LogP contribution in [-0.2, 0) is 5.41 Å². The standard InChI is InChI=1S/C56H37N3/c1-4-16-38(17-5-1)41-30-34-45-46-35-31-42(39-18-6-2-7-19-39)37-50(46)56(49(45)36-41)47-22-10-13-25-52(47)58(53-26-14-11-23-48(53)56)44-32-28-40(29-33-44)55-57-51-24-12-15-27-54(51)59(55)43-20-8-3-9-21-43/h1-37H. The van der Waals surface area contributed by atoms with Crippen molar-refractivity contribution in [2.24, 2.45) is 0 Å². The average Bonchev–Trinajstić information content (AvgIpc) is 3.84. The van der Waals surface area contributed by atoms with Gasteiger partial charge in [-0.05, 0) is 128 Å². The maximum atomic E-state index is 5.17. The number of para-hydroxylation sites is 5. The van der Waals surface area contributed by atoms with Crippen molar-refractivity contribution in [1.29, 1.82) is 0 Å². The molecular formula is C56H37N3. The zero-order chi connectivity index (χ0) is 38.9. The molecule has 0 unspecified atom stereocenters. The number of anilines is 3. The van der Waals surface area contributed by atoms with E-state index >= 15 is 0 Å². The summed E-state index contributed by atoms with van der Waals surface area (Å²) < 4.78 is 2.27. The summed E-state index contributed by atoms with van der Waals surface area (Å²) in [5, 5.41) is 0. The predicted molar refractivity (Wildman–Crippen MR) is 243 cm³/mol.